The second-order valence-electron chi connectivity index (χ2n) is 12.3. The molecule has 4 aromatic rings. The van der Waals surface area contributed by atoms with Gasteiger partial charge in [0, 0.05) is 31.0 Å². The van der Waals surface area contributed by atoms with E-state index in [1.165, 1.54) is 27.2 Å². The third-order valence-corrected chi connectivity index (χ3v) is 7.74. The Balaban J connectivity index is 1.42. The molecule has 3 atom stereocenters. The molecule has 258 valence electrons. The lowest BCUT2D eigenvalue weighted by Crippen LogP contribution is -2.54. The van der Waals surface area contributed by atoms with Crippen molar-refractivity contribution in [2.75, 3.05) is 19.6 Å². The zero-order valence-corrected chi connectivity index (χ0v) is 27.8. The number of carbonyl (C=O) groups excluding carboxylic acids is 5. The van der Waals surface area contributed by atoms with Gasteiger partial charge >= 0.3 is 0 Å². The number of hydrogen-bond donors (Lipinski definition) is 4. The number of benzene rings is 1. The van der Waals surface area contributed by atoms with Crippen LogP contribution in [0.15, 0.2) is 48.8 Å². The van der Waals surface area contributed by atoms with Crippen molar-refractivity contribution in [2.24, 2.45) is 5.92 Å². The maximum absolute atomic E-state index is 13.6. The van der Waals surface area contributed by atoms with Crippen molar-refractivity contribution in [3.05, 3.63) is 60.4 Å². The monoisotopic (exact) mass is 672 g/mol. The molecule has 4 N–H and O–H groups in total. The summed E-state index contributed by atoms with van der Waals surface area (Å²) in [4.78, 5) is 80.8. The van der Waals surface area contributed by atoms with Gasteiger partial charge in [-0.05, 0) is 38.7 Å². The van der Waals surface area contributed by atoms with Crippen molar-refractivity contribution in [1.29, 1.82) is 0 Å². The van der Waals surface area contributed by atoms with E-state index in [2.05, 4.69) is 46.4 Å². The average Bonchev–Trinajstić information content (AvgIpc) is 3.70. The highest BCUT2D eigenvalue weighted by atomic mass is 16.2. The highest BCUT2D eigenvalue weighted by molar-refractivity contribution is 5.95. The van der Waals surface area contributed by atoms with Gasteiger partial charge in [-0.2, -0.15) is 10.1 Å². The minimum atomic E-state index is -1.03. The summed E-state index contributed by atoms with van der Waals surface area (Å²) in [6.45, 7) is 6.69. The summed E-state index contributed by atoms with van der Waals surface area (Å²) < 4.78 is 2.79. The van der Waals surface area contributed by atoms with Crippen LogP contribution in [0.5, 0.6) is 0 Å². The van der Waals surface area contributed by atoms with Crippen LogP contribution < -0.4 is 21.3 Å². The molecule has 49 heavy (non-hydrogen) atoms. The predicted molar refractivity (Wildman–Crippen MR) is 175 cm³/mol. The van der Waals surface area contributed by atoms with Crippen LogP contribution in [0.2, 0.25) is 0 Å². The highest BCUT2D eigenvalue weighted by Gasteiger charge is 2.29. The minimum absolute atomic E-state index is 0.0397. The molecule has 1 aliphatic rings. The SMILES string of the molecule is CC(C)C[C@H]1NC(=O)[C@@H](C)NC(=O)CN(C(=O)c2nc3ncccn3n2)CCCNC(=O)Cn2nc(-c3ccccc3)nc2[C@H](C)NC1=O. The maximum atomic E-state index is 13.6. The van der Waals surface area contributed by atoms with Crippen LogP contribution in [0.1, 0.15) is 63.0 Å². The van der Waals surface area contributed by atoms with Gasteiger partial charge in [-0.15, -0.1) is 5.10 Å². The molecule has 0 spiro atoms. The molecule has 17 nitrogen and oxygen atoms in total. The minimum Gasteiger partial charge on any atom is -0.354 e. The Hall–Kier alpha value is -5.74. The van der Waals surface area contributed by atoms with Crippen LogP contribution in [0.3, 0.4) is 0 Å². The van der Waals surface area contributed by atoms with Crippen molar-refractivity contribution in [2.45, 2.75) is 65.2 Å². The molecule has 0 fully saturated rings. The van der Waals surface area contributed by atoms with Crippen LogP contribution in [0.4, 0.5) is 0 Å². The molecule has 0 saturated heterocycles. The fraction of sp³-hybridized carbons (Fsp3) is 0.438. The van der Waals surface area contributed by atoms with Crippen LogP contribution in [-0.4, -0.2) is 101 Å². The van der Waals surface area contributed by atoms with Crippen molar-refractivity contribution in [3.8, 4) is 11.4 Å². The first kappa shape index (κ1) is 34.6. The van der Waals surface area contributed by atoms with Crippen molar-refractivity contribution in [1.82, 2.24) is 60.5 Å². The molecular weight excluding hydrogens is 632 g/mol. The van der Waals surface area contributed by atoms with E-state index in [-0.39, 0.29) is 49.5 Å². The van der Waals surface area contributed by atoms with Crippen LogP contribution in [0, 0.1) is 5.92 Å². The summed E-state index contributed by atoms with van der Waals surface area (Å²) in [6, 6.07) is 8.25. The van der Waals surface area contributed by atoms with E-state index < -0.39 is 48.3 Å². The van der Waals surface area contributed by atoms with Crippen LogP contribution >= 0.6 is 0 Å². The largest absolute Gasteiger partial charge is 0.354 e. The van der Waals surface area contributed by atoms with Gasteiger partial charge in [0.25, 0.3) is 11.7 Å². The molecule has 5 rings (SSSR count). The van der Waals surface area contributed by atoms with Crippen molar-refractivity contribution in [3.63, 3.8) is 0 Å². The number of hydrogen-bond acceptors (Lipinski definition) is 10. The first-order valence-electron chi connectivity index (χ1n) is 16.1. The lowest BCUT2D eigenvalue weighted by Gasteiger charge is -2.25. The standard InChI is InChI=1S/C32H40N12O5/c1-19(2)16-23-30(48)36-20(3)28-38-26(22-10-6-5-7-11-22)40-44(28)18-24(45)33-12-8-14-42(17-25(46)35-21(4)29(47)37-23)31(49)27-39-32-34-13-9-15-43(32)41-27/h5-7,9-11,13,15,19-21,23H,8,12,14,16-18H2,1-4H3,(H,33,45)(H,35,46)(H,36,48)(H,37,47)/t20-,21+,23+/m0/s1. The van der Waals surface area contributed by atoms with Gasteiger partial charge in [0.1, 0.15) is 24.5 Å². The molecule has 0 bridgehead atoms. The molecule has 1 aromatic carbocycles. The van der Waals surface area contributed by atoms with Gasteiger partial charge in [0.2, 0.25) is 29.5 Å². The molecule has 5 amide bonds. The topological polar surface area (TPSA) is 210 Å². The summed E-state index contributed by atoms with van der Waals surface area (Å²) >= 11 is 0. The first-order chi connectivity index (χ1) is 23.5. The van der Waals surface area contributed by atoms with E-state index in [0.29, 0.717) is 18.1 Å². The van der Waals surface area contributed by atoms with Crippen molar-refractivity contribution >= 4 is 35.3 Å². The molecule has 0 aliphatic carbocycles. The molecule has 4 heterocycles. The molecule has 3 aromatic heterocycles. The molecule has 1 aliphatic heterocycles. The number of nitrogens with zero attached hydrogens (tertiary/aromatic N) is 8. The fourth-order valence-corrected chi connectivity index (χ4v) is 5.31. The van der Waals surface area contributed by atoms with Crippen molar-refractivity contribution < 1.29 is 24.0 Å². The van der Waals surface area contributed by atoms with Gasteiger partial charge in [-0.25, -0.2) is 19.2 Å². The van der Waals surface area contributed by atoms with E-state index in [4.69, 9.17) is 0 Å². The maximum Gasteiger partial charge on any atom is 0.294 e. The number of nitrogens with one attached hydrogen (secondary N) is 4. The summed E-state index contributed by atoms with van der Waals surface area (Å²) in [5.41, 5.74) is 0.734. The average molecular weight is 673 g/mol. The van der Waals surface area contributed by atoms with E-state index in [1.807, 2.05) is 44.2 Å². The quantitative estimate of drug-likeness (QED) is 0.232. The van der Waals surface area contributed by atoms with Crippen LogP contribution in [0.25, 0.3) is 17.2 Å². The molecule has 0 radical (unpaired) electrons. The zero-order valence-electron chi connectivity index (χ0n) is 27.8. The van der Waals surface area contributed by atoms with Gasteiger partial charge in [0.15, 0.2) is 5.82 Å². The molecule has 0 unspecified atom stereocenters. The third-order valence-electron chi connectivity index (χ3n) is 7.74. The van der Waals surface area contributed by atoms with Gasteiger partial charge in [-0.1, -0.05) is 44.2 Å². The van der Waals surface area contributed by atoms with Gasteiger partial charge in [-0.3, -0.25) is 24.0 Å². The Morgan fingerprint density at radius 3 is 2.41 bits per heavy atom. The van der Waals surface area contributed by atoms with E-state index >= 15 is 0 Å². The molecule has 0 saturated carbocycles. The lowest BCUT2D eigenvalue weighted by atomic mass is 10.0. The number of rotatable bonds is 4. The molecular formula is C32H40N12O5. The predicted octanol–water partition coefficient (Wildman–Crippen LogP) is 0.258. The normalized spacial score (nSPS) is 20.3. The van der Waals surface area contributed by atoms with Crippen LogP contribution in [-0.2, 0) is 25.7 Å². The Labute approximate surface area is 282 Å². The number of carbonyl (C=O) groups is 5. The van der Waals surface area contributed by atoms with E-state index in [1.54, 1.807) is 19.2 Å². The van der Waals surface area contributed by atoms with E-state index in [0.717, 1.165) is 5.56 Å². The van der Waals surface area contributed by atoms with Gasteiger partial charge < -0.3 is 26.2 Å². The first-order valence-corrected chi connectivity index (χ1v) is 16.1. The smallest absolute Gasteiger partial charge is 0.294 e. The summed E-state index contributed by atoms with van der Waals surface area (Å²) in [5, 5.41) is 19.9. The summed E-state index contributed by atoms with van der Waals surface area (Å²) in [6.07, 6.45) is 3.71. The number of amides is 5. The van der Waals surface area contributed by atoms with Gasteiger partial charge in [0.05, 0.1) is 12.6 Å². The summed E-state index contributed by atoms with van der Waals surface area (Å²) in [7, 11) is 0. The highest BCUT2D eigenvalue weighted by Crippen LogP contribution is 2.19. The fourth-order valence-electron chi connectivity index (χ4n) is 5.31. The Kier molecular flexibility index (Phi) is 10.9. The Morgan fingerprint density at radius 2 is 1.67 bits per heavy atom. The second kappa shape index (κ2) is 15.4. The number of fused-ring (bicyclic) bond motifs is 2. The summed E-state index contributed by atoms with van der Waals surface area (Å²) in [5.74, 6) is -1.82. The van der Waals surface area contributed by atoms with E-state index in [9.17, 15) is 24.0 Å². The molecule has 17 heteroatoms. The lowest BCUT2D eigenvalue weighted by molar-refractivity contribution is -0.132. The second-order valence-corrected chi connectivity index (χ2v) is 12.3. The Bertz CT molecular complexity index is 1790. The zero-order chi connectivity index (χ0) is 35.1. The Morgan fingerprint density at radius 1 is 0.898 bits per heavy atom. The number of aromatic nitrogens is 7. The third kappa shape index (κ3) is 8.79.